The molecular formula is C15H17N3OS. The van der Waals surface area contributed by atoms with E-state index in [1.807, 2.05) is 28.9 Å². The standard InChI is InChI=1S/C15H17N3OS/c1-2-9-18-12(7-8-16-18)13(19)10-15-17-11-5-3-4-6-14(11)20-15/h3-8,13,19H,2,9-10H2,1H3. The molecule has 1 unspecified atom stereocenters. The molecule has 1 aromatic carbocycles. The van der Waals surface area contributed by atoms with Crippen molar-refractivity contribution in [3.8, 4) is 0 Å². The normalized spacial score (nSPS) is 12.9. The van der Waals surface area contributed by atoms with Crippen LogP contribution in [-0.4, -0.2) is 19.9 Å². The smallest absolute Gasteiger partial charge is 0.102 e. The number of nitrogens with zero attached hydrogens (tertiary/aromatic N) is 3. The van der Waals surface area contributed by atoms with Crippen LogP contribution in [0.4, 0.5) is 0 Å². The summed E-state index contributed by atoms with van der Waals surface area (Å²) in [5.41, 5.74) is 1.87. The van der Waals surface area contributed by atoms with Gasteiger partial charge in [0.1, 0.15) is 6.10 Å². The Morgan fingerprint density at radius 1 is 1.30 bits per heavy atom. The first-order chi connectivity index (χ1) is 9.78. The maximum Gasteiger partial charge on any atom is 0.102 e. The monoisotopic (exact) mass is 287 g/mol. The molecule has 3 aromatic rings. The van der Waals surface area contributed by atoms with Gasteiger partial charge in [-0.2, -0.15) is 5.10 Å². The molecule has 0 saturated carbocycles. The number of hydrogen-bond donors (Lipinski definition) is 1. The Kier molecular flexibility index (Phi) is 3.80. The van der Waals surface area contributed by atoms with Gasteiger partial charge in [-0.05, 0) is 24.6 Å². The molecule has 0 aliphatic heterocycles. The molecule has 4 nitrogen and oxygen atoms in total. The third-order valence-electron chi connectivity index (χ3n) is 3.23. The van der Waals surface area contributed by atoms with Gasteiger partial charge in [0.25, 0.3) is 0 Å². The van der Waals surface area contributed by atoms with E-state index in [2.05, 4.69) is 23.1 Å². The fraction of sp³-hybridized carbons (Fsp3) is 0.333. The van der Waals surface area contributed by atoms with Crippen LogP contribution in [0.3, 0.4) is 0 Å². The number of aromatic nitrogens is 3. The van der Waals surface area contributed by atoms with Crippen LogP contribution in [0, 0.1) is 0 Å². The number of aryl methyl sites for hydroxylation is 1. The van der Waals surface area contributed by atoms with Crippen LogP contribution in [0.25, 0.3) is 10.2 Å². The summed E-state index contributed by atoms with van der Waals surface area (Å²) in [6, 6.07) is 9.94. The van der Waals surface area contributed by atoms with Gasteiger partial charge in [0.05, 0.1) is 20.9 Å². The second kappa shape index (κ2) is 5.73. The van der Waals surface area contributed by atoms with E-state index in [9.17, 15) is 5.11 Å². The van der Waals surface area contributed by atoms with Crippen LogP contribution < -0.4 is 0 Å². The minimum atomic E-state index is -0.551. The lowest BCUT2D eigenvalue weighted by Crippen LogP contribution is -2.10. The van der Waals surface area contributed by atoms with Crippen molar-refractivity contribution in [1.29, 1.82) is 0 Å². The van der Waals surface area contributed by atoms with Gasteiger partial charge >= 0.3 is 0 Å². The third-order valence-corrected chi connectivity index (χ3v) is 4.29. The molecule has 0 aliphatic rings. The van der Waals surface area contributed by atoms with Gasteiger partial charge in [-0.25, -0.2) is 4.98 Å². The van der Waals surface area contributed by atoms with Crippen molar-refractivity contribution in [2.24, 2.45) is 0 Å². The molecule has 0 aliphatic carbocycles. The Bertz CT molecular complexity index is 671. The first kappa shape index (κ1) is 13.3. The first-order valence-corrected chi connectivity index (χ1v) is 7.64. The zero-order valence-corrected chi connectivity index (χ0v) is 12.2. The van der Waals surface area contributed by atoms with Crippen LogP contribution in [0.1, 0.15) is 30.2 Å². The van der Waals surface area contributed by atoms with Crippen molar-refractivity contribution in [1.82, 2.24) is 14.8 Å². The second-order valence-corrected chi connectivity index (χ2v) is 5.89. The van der Waals surface area contributed by atoms with Gasteiger partial charge in [-0.3, -0.25) is 4.68 Å². The topological polar surface area (TPSA) is 50.9 Å². The number of thiazole rings is 1. The third kappa shape index (κ3) is 2.59. The summed E-state index contributed by atoms with van der Waals surface area (Å²) in [6.07, 6.45) is 2.73. The highest BCUT2D eigenvalue weighted by molar-refractivity contribution is 7.18. The Balaban J connectivity index is 1.81. The van der Waals surface area contributed by atoms with E-state index in [0.717, 1.165) is 33.9 Å². The molecule has 2 heterocycles. The van der Waals surface area contributed by atoms with E-state index in [4.69, 9.17) is 0 Å². The van der Waals surface area contributed by atoms with Gasteiger partial charge < -0.3 is 5.11 Å². The van der Waals surface area contributed by atoms with Crippen LogP contribution in [0.2, 0.25) is 0 Å². The van der Waals surface area contributed by atoms with Crippen molar-refractivity contribution in [3.63, 3.8) is 0 Å². The minimum absolute atomic E-state index is 0.536. The highest BCUT2D eigenvalue weighted by Gasteiger charge is 2.15. The van der Waals surface area contributed by atoms with Crippen LogP contribution in [-0.2, 0) is 13.0 Å². The van der Waals surface area contributed by atoms with Gasteiger partial charge in [0.2, 0.25) is 0 Å². The van der Waals surface area contributed by atoms with Crippen molar-refractivity contribution in [3.05, 3.63) is 47.2 Å². The molecule has 0 fully saturated rings. The number of hydrogen-bond acceptors (Lipinski definition) is 4. The second-order valence-electron chi connectivity index (χ2n) is 4.77. The van der Waals surface area contributed by atoms with Crippen LogP contribution in [0.15, 0.2) is 36.5 Å². The molecule has 1 N–H and O–H groups in total. The number of fused-ring (bicyclic) bond motifs is 1. The van der Waals surface area contributed by atoms with Crippen LogP contribution >= 0.6 is 11.3 Å². The van der Waals surface area contributed by atoms with E-state index >= 15 is 0 Å². The fourth-order valence-corrected chi connectivity index (χ4v) is 3.31. The number of benzene rings is 1. The largest absolute Gasteiger partial charge is 0.386 e. The molecule has 2 aromatic heterocycles. The molecule has 104 valence electrons. The van der Waals surface area contributed by atoms with Crippen molar-refractivity contribution >= 4 is 21.6 Å². The molecule has 0 bridgehead atoms. The van der Waals surface area contributed by atoms with Crippen LogP contribution in [0.5, 0.6) is 0 Å². The first-order valence-electron chi connectivity index (χ1n) is 6.82. The average Bonchev–Trinajstić information content (AvgIpc) is 3.04. The Morgan fingerprint density at radius 3 is 2.95 bits per heavy atom. The lowest BCUT2D eigenvalue weighted by atomic mass is 10.2. The lowest BCUT2D eigenvalue weighted by Gasteiger charge is -2.11. The van der Waals surface area contributed by atoms with Crippen molar-refractivity contribution < 1.29 is 5.11 Å². The van der Waals surface area contributed by atoms with E-state index in [-0.39, 0.29) is 0 Å². The summed E-state index contributed by atoms with van der Waals surface area (Å²) in [7, 11) is 0. The summed E-state index contributed by atoms with van der Waals surface area (Å²) in [5.74, 6) is 0. The van der Waals surface area contributed by atoms with E-state index in [1.165, 1.54) is 0 Å². The van der Waals surface area contributed by atoms with Gasteiger partial charge in [-0.15, -0.1) is 11.3 Å². The molecule has 20 heavy (non-hydrogen) atoms. The number of aliphatic hydroxyl groups excluding tert-OH is 1. The quantitative estimate of drug-likeness (QED) is 0.784. The maximum absolute atomic E-state index is 10.4. The summed E-state index contributed by atoms with van der Waals surface area (Å²) in [5, 5.41) is 15.6. The molecule has 0 radical (unpaired) electrons. The number of rotatable bonds is 5. The predicted octanol–water partition coefficient (Wildman–Crippen LogP) is 3.18. The molecule has 0 amide bonds. The Morgan fingerprint density at radius 2 is 2.15 bits per heavy atom. The molecule has 1 atom stereocenters. The van der Waals surface area contributed by atoms with E-state index in [1.54, 1.807) is 17.5 Å². The van der Waals surface area contributed by atoms with Gasteiger partial charge in [0, 0.05) is 19.2 Å². The number of para-hydroxylation sites is 1. The molecular weight excluding hydrogens is 270 g/mol. The average molecular weight is 287 g/mol. The van der Waals surface area contributed by atoms with E-state index < -0.39 is 6.10 Å². The fourth-order valence-electron chi connectivity index (χ4n) is 2.30. The highest BCUT2D eigenvalue weighted by Crippen LogP contribution is 2.26. The summed E-state index contributed by atoms with van der Waals surface area (Å²) in [6.45, 7) is 2.94. The Hall–Kier alpha value is -1.72. The SMILES string of the molecule is CCCn1nccc1C(O)Cc1nc2ccccc2s1. The molecule has 5 heteroatoms. The predicted molar refractivity (Wildman–Crippen MR) is 80.8 cm³/mol. The summed E-state index contributed by atoms with van der Waals surface area (Å²) >= 11 is 1.64. The van der Waals surface area contributed by atoms with Crippen molar-refractivity contribution in [2.45, 2.75) is 32.4 Å². The lowest BCUT2D eigenvalue weighted by molar-refractivity contribution is 0.166. The van der Waals surface area contributed by atoms with Gasteiger partial charge in [0.15, 0.2) is 0 Å². The zero-order valence-electron chi connectivity index (χ0n) is 11.4. The summed E-state index contributed by atoms with van der Waals surface area (Å²) in [4.78, 5) is 4.57. The highest BCUT2D eigenvalue weighted by atomic mass is 32.1. The van der Waals surface area contributed by atoms with Crippen molar-refractivity contribution in [2.75, 3.05) is 0 Å². The zero-order chi connectivity index (χ0) is 13.9. The molecule has 3 rings (SSSR count). The summed E-state index contributed by atoms with van der Waals surface area (Å²) < 4.78 is 3.04. The van der Waals surface area contributed by atoms with E-state index in [0.29, 0.717) is 6.42 Å². The minimum Gasteiger partial charge on any atom is -0.386 e. The molecule has 0 saturated heterocycles. The Labute approximate surface area is 121 Å². The molecule has 0 spiro atoms. The number of aliphatic hydroxyl groups is 1. The maximum atomic E-state index is 10.4. The van der Waals surface area contributed by atoms with Gasteiger partial charge in [-0.1, -0.05) is 19.1 Å².